The average molecular weight is 409 g/mol. The van der Waals surface area contributed by atoms with Crippen LogP contribution in [0, 0.1) is 29.2 Å². The van der Waals surface area contributed by atoms with Gasteiger partial charge < -0.3 is 15.6 Å². The van der Waals surface area contributed by atoms with Gasteiger partial charge in [0.05, 0.1) is 18.4 Å². The first kappa shape index (κ1) is 26.8. The van der Waals surface area contributed by atoms with Crippen LogP contribution in [0.2, 0.25) is 0 Å². The van der Waals surface area contributed by atoms with Gasteiger partial charge in [0.25, 0.3) is 0 Å². The number of isocyanates is 1. The predicted octanol–water partition coefficient (Wildman–Crippen LogP) is 3.66. The molecule has 7 nitrogen and oxygen atoms in total. The highest BCUT2D eigenvalue weighted by molar-refractivity contribution is 5.77. The Balaban J connectivity index is 0.000000508. The van der Waals surface area contributed by atoms with Gasteiger partial charge in [0.15, 0.2) is 0 Å². The Hall–Kier alpha value is -2.16. The van der Waals surface area contributed by atoms with Gasteiger partial charge in [-0.05, 0) is 44.9 Å². The van der Waals surface area contributed by atoms with Crippen LogP contribution in [0.25, 0.3) is 0 Å². The van der Waals surface area contributed by atoms with E-state index in [0.29, 0.717) is 31.2 Å². The van der Waals surface area contributed by atoms with Crippen molar-refractivity contribution in [3.8, 4) is 12.0 Å². The quantitative estimate of drug-likeness (QED) is 0.317. The van der Waals surface area contributed by atoms with Crippen molar-refractivity contribution in [3.63, 3.8) is 0 Å². The monoisotopic (exact) mass is 408 g/mol. The Bertz CT molecular complexity index is 602. The Morgan fingerprint density at radius 1 is 1.21 bits per heavy atom. The van der Waals surface area contributed by atoms with Crippen molar-refractivity contribution >= 4 is 18.0 Å². The summed E-state index contributed by atoms with van der Waals surface area (Å²) in [6.45, 7) is 5.73. The zero-order chi connectivity index (χ0) is 22.3. The van der Waals surface area contributed by atoms with Crippen molar-refractivity contribution in [1.82, 2.24) is 0 Å². The molecule has 0 saturated heterocycles. The molecule has 0 radical (unpaired) electrons. The number of ether oxygens (including phenoxy) is 1. The molecule has 0 aromatic rings. The first-order valence-corrected chi connectivity index (χ1v) is 10.5. The van der Waals surface area contributed by atoms with Crippen LogP contribution in [0.3, 0.4) is 0 Å². The molecule has 0 aliphatic heterocycles. The van der Waals surface area contributed by atoms with Gasteiger partial charge in [-0.25, -0.2) is 4.79 Å². The molecule has 2 fully saturated rings. The number of carbonyl (C=O) groups is 2. The van der Waals surface area contributed by atoms with Gasteiger partial charge in [-0.2, -0.15) is 0 Å². The molecule has 1 atom stereocenters. The molecule has 29 heavy (non-hydrogen) atoms. The number of aliphatic imine (C=N–C) groups is 1. The van der Waals surface area contributed by atoms with Gasteiger partial charge >= 0.3 is 11.9 Å². The normalized spacial score (nSPS) is 22.7. The highest BCUT2D eigenvalue weighted by atomic mass is 16.5. The maximum atomic E-state index is 11.2. The Kier molecular flexibility index (Phi) is 13.7. The Morgan fingerprint density at radius 3 is 2.21 bits per heavy atom. The van der Waals surface area contributed by atoms with Crippen LogP contribution in [0.15, 0.2) is 4.99 Å². The van der Waals surface area contributed by atoms with Crippen LogP contribution in [0.1, 0.15) is 78.6 Å². The average Bonchev–Trinajstić information content (AvgIpc) is 3.21. The number of carboxylic acids is 1. The minimum Gasteiger partial charge on any atom is -0.481 e. The number of nitrogens with two attached hydrogens (primary N) is 1. The number of methoxy groups -OCH3 is 1. The molecule has 2 saturated carbocycles. The largest absolute Gasteiger partial charge is 0.481 e. The third kappa shape index (κ3) is 9.74. The van der Waals surface area contributed by atoms with Gasteiger partial charge in [-0.1, -0.05) is 39.5 Å². The van der Waals surface area contributed by atoms with Crippen molar-refractivity contribution in [2.45, 2.75) is 84.6 Å². The molecular weight excluding hydrogens is 372 g/mol. The van der Waals surface area contributed by atoms with E-state index in [-0.39, 0.29) is 11.9 Å². The van der Waals surface area contributed by atoms with E-state index < -0.39 is 11.4 Å². The molecule has 164 valence electrons. The van der Waals surface area contributed by atoms with Crippen LogP contribution in [0.5, 0.6) is 0 Å². The van der Waals surface area contributed by atoms with Gasteiger partial charge in [0.1, 0.15) is 0 Å². The molecule has 2 aliphatic carbocycles. The Labute approximate surface area is 174 Å². The number of hydrogen-bond donors (Lipinski definition) is 2. The summed E-state index contributed by atoms with van der Waals surface area (Å²) in [5, 5.41) is 9.22. The van der Waals surface area contributed by atoms with E-state index in [4.69, 9.17) is 5.73 Å². The summed E-state index contributed by atoms with van der Waals surface area (Å²) in [6.07, 6.45) is 9.17. The molecule has 3 N–H and O–H groups in total. The predicted molar refractivity (Wildman–Crippen MR) is 112 cm³/mol. The zero-order valence-electron chi connectivity index (χ0n) is 18.2. The van der Waals surface area contributed by atoms with Crippen LogP contribution in [-0.4, -0.2) is 36.3 Å². The maximum absolute atomic E-state index is 11.2. The van der Waals surface area contributed by atoms with Gasteiger partial charge in [-0.3, -0.25) is 9.59 Å². The molecule has 0 aromatic heterocycles. The second kappa shape index (κ2) is 14.8. The number of rotatable bonds is 4. The summed E-state index contributed by atoms with van der Waals surface area (Å²) in [5.41, 5.74) is 5.03. The molecule has 0 amide bonds. The fourth-order valence-corrected chi connectivity index (χ4v) is 3.84. The van der Waals surface area contributed by atoms with Crippen molar-refractivity contribution in [3.05, 3.63) is 0 Å². The SMILES string of the molecule is CC.COC(=O)C(C)CC1(C(=O)O)CCCC1.NC1CCC(C#CN=C=O)CC1. The van der Waals surface area contributed by atoms with Gasteiger partial charge in [-0.15, -0.1) is 4.99 Å². The molecule has 0 bridgehead atoms. The second-order valence-electron chi connectivity index (χ2n) is 7.49. The molecule has 1 unspecified atom stereocenters. The maximum Gasteiger partial charge on any atom is 0.309 e. The summed E-state index contributed by atoms with van der Waals surface area (Å²) < 4.78 is 4.62. The second-order valence-corrected chi connectivity index (χ2v) is 7.49. The lowest BCUT2D eigenvalue weighted by Crippen LogP contribution is -2.32. The molecule has 2 aliphatic rings. The summed E-state index contributed by atoms with van der Waals surface area (Å²) in [5.74, 6) is 1.87. The minimum absolute atomic E-state index is 0.317. The third-order valence-electron chi connectivity index (χ3n) is 5.46. The number of hydrogen-bond acceptors (Lipinski definition) is 6. The van der Waals surface area contributed by atoms with E-state index >= 15 is 0 Å². The Morgan fingerprint density at radius 2 is 1.76 bits per heavy atom. The van der Waals surface area contributed by atoms with Crippen molar-refractivity contribution in [2.24, 2.45) is 28.0 Å². The lowest BCUT2D eigenvalue weighted by molar-refractivity contribution is -0.153. The number of nitrogens with zero attached hydrogens (tertiary/aromatic N) is 1. The van der Waals surface area contributed by atoms with Crippen LogP contribution >= 0.6 is 0 Å². The fraction of sp³-hybridized carbons (Fsp3) is 0.773. The van der Waals surface area contributed by atoms with Gasteiger partial charge in [0, 0.05) is 18.0 Å². The zero-order valence-corrected chi connectivity index (χ0v) is 18.2. The van der Waals surface area contributed by atoms with E-state index in [1.165, 1.54) is 13.2 Å². The lowest BCUT2D eigenvalue weighted by Gasteiger charge is -2.26. The lowest BCUT2D eigenvalue weighted by atomic mass is 9.78. The van der Waals surface area contributed by atoms with Crippen molar-refractivity contribution in [1.29, 1.82) is 0 Å². The summed E-state index contributed by atoms with van der Waals surface area (Å²) in [7, 11) is 1.33. The minimum atomic E-state index is -0.768. The molecule has 0 aromatic carbocycles. The number of carbonyl (C=O) groups excluding carboxylic acids is 2. The van der Waals surface area contributed by atoms with Gasteiger partial charge in [0.2, 0.25) is 6.08 Å². The van der Waals surface area contributed by atoms with Crippen LogP contribution in [0.4, 0.5) is 0 Å². The first-order valence-electron chi connectivity index (χ1n) is 10.5. The smallest absolute Gasteiger partial charge is 0.309 e. The van der Waals surface area contributed by atoms with Crippen molar-refractivity contribution in [2.75, 3.05) is 7.11 Å². The summed E-state index contributed by atoms with van der Waals surface area (Å²) in [4.78, 5) is 35.3. The summed E-state index contributed by atoms with van der Waals surface area (Å²) >= 11 is 0. The number of carboxylic acid groups (broad SMARTS) is 1. The fourth-order valence-electron chi connectivity index (χ4n) is 3.84. The van der Waals surface area contributed by atoms with E-state index in [1.54, 1.807) is 6.92 Å². The molecule has 2 rings (SSSR count). The molecule has 0 heterocycles. The standard InChI is InChI=1S/C11H18O4.C9H12N2O.C2H6/c1-8(9(12)15-2)7-11(10(13)14)5-3-4-6-11;10-9-3-1-8(2-4-9)5-6-11-7-12;1-2/h8H,3-7H2,1-2H3,(H,13,14);8-9H,1-4,10H2;1-2H3. The molecule has 0 spiro atoms. The first-order chi connectivity index (χ1) is 13.8. The van der Waals surface area contributed by atoms with Crippen molar-refractivity contribution < 1.29 is 24.2 Å². The van der Waals surface area contributed by atoms with E-state index in [9.17, 15) is 19.5 Å². The van der Waals surface area contributed by atoms with E-state index in [2.05, 4.69) is 21.7 Å². The topological polar surface area (TPSA) is 119 Å². The van der Waals surface area contributed by atoms with Crippen LogP contribution < -0.4 is 5.73 Å². The number of esters is 1. The van der Waals surface area contributed by atoms with Crippen LogP contribution in [-0.2, 0) is 19.1 Å². The highest BCUT2D eigenvalue weighted by Gasteiger charge is 2.43. The van der Waals surface area contributed by atoms with E-state index in [0.717, 1.165) is 38.5 Å². The van der Waals surface area contributed by atoms with E-state index in [1.807, 2.05) is 13.8 Å². The molecular formula is C22H36N2O5. The molecule has 7 heteroatoms. The highest BCUT2D eigenvalue weighted by Crippen LogP contribution is 2.43. The summed E-state index contributed by atoms with van der Waals surface area (Å²) in [6, 6.07) is 2.78. The third-order valence-corrected chi connectivity index (χ3v) is 5.46. The number of aliphatic carboxylic acids is 1.